The van der Waals surface area contributed by atoms with Crippen LogP contribution < -0.4 is 0 Å². The molecule has 0 radical (unpaired) electrons. The van der Waals surface area contributed by atoms with Crippen molar-refractivity contribution in [3.05, 3.63) is 0 Å². The van der Waals surface area contributed by atoms with Crippen molar-refractivity contribution in [1.82, 2.24) is 0 Å². The molecule has 22 heavy (non-hydrogen) atoms. The summed E-state index contributed by atoms with van der Waals surface area (Å²) in [5, 5.41) is 0. The smallest absolute Gasteiger partial charge is 0.0598 e. The van der Waals surface area contributed by atoms with E-state index in [1.165, 1.54) is 0 Å². The van der Waals surface area contributed by atoms with E-state index in [9.17, 15) is 0 Å². The monoisotopic (exact) mass is 316 g/mol. The summed E-state index contributed by atoms with van der Waals surface area (Å²) in [6.07, 6.45) is 2.26. The maximum atomic E-state index is 5.61. The lowest BCUT2D eigenvalue weighted by Crippen LogP contribution is -2.22. The van der Waals surface area contributed by atoms with Gasteiger partial charge in [-0.2, -0.15) is 0 Å². The molecule has 0 heterocycles. The van der Waals surface area contributed by atoms with Crippen LogP contribution in [0.15, 0.2) is 0 Å². The summed E-state index contributed by atoms with van der Waals surface area (Å²) in [6.45, 7) is 27.7. The van der Waals surface area contributed by atoms with E-state index >= 15 is 0 Å². The molecule has 0 N–H and O–H groups in total. The van der Waals surface area contributed by atoms with E-state index in [0.717, 1.165) is 26.1 Å². The fourth-order valence-electron chi connectivity index (χ4n) is 1.33. The third-order valence-corrected chi connectivity index (χ3v) is 2.77. The fourth-order valence-corrected chi connectivity index (χ4v) is 1.33. The Balaban J connectivity index is 0. The molecule has 0 unspecified atom stereocenters. The molecule has 0 bridgehead atoms. The Labute approximate surface area is 141 Å². The van der Waals surface area contributed by atoms with Gasteiger partial charge in [0.25, 0.3) is 0 Å². The molecule has 136 valence electrons. The van der Waals surface area contributed by atoms with E-state index < -0.39 is 0 Å². The van der Waals surface area contributed by atoms with E-state index in [2.05, 4.69) is 83.1 Å². The predicted octanol–water partition coefficient (Wildman–Crippen LogP) is 6.48. The first-order valence-corrected chi connectivity index (χ1v) is 8.69. The van der Waals surface area contributed by atoms with Gasteiger partial charge in [-0.25, -0.2) is 0 Å². The molecule has 0 aromatic heterocycles. The van der Waals surface area contributed by atoms with Crippen LogP contribution >= 0.6 is 0 Å². The van der Waals surface area contributed by atoms with Crippen molar-refractivity contribution in [2.24, 2.45) is 10.8 Å². The number of hydrogen-bond donors (Lipinski definition) is 0. The van der Waals surface area contributed by atoms with Crippen LogP contribution in [0.3, 0.4) is 0 Å². The second-order valence-electron chi connectivity index (χ2n) is 10.5. The second kappa shape index (κ2) is 9.27. The molecular weight excluding hydrogens is 272 g/mol. The summed E-state index contributed by atoms with van der Waals surface area (Å²) in [7, 11) is 0. The van der Waals surface area contributed by atoms with Crippen LogP contribution in [0.4, 0.5) is 0 Å². The molecule has 0 aliphatic heterocycles. The van der Waals surface area contributed by atoms with Gasteiger partial charge in [0.15, 0.2) is 0 Å². The minimum absolute atomic E-state index is 0.0191. The summed E-state index contributed by atoms with van der Waals surface area (Å²) in [6, 6.07) is 0. The van der Waals surface area contributed by atoms with E-state index in [1.807, 2.05) is 0 Å². The molecule has 0 saturated heterocycles. The van der Waals surface area contributed by atoms with Gasteiger partial charge in [0.05, 0.1) is 11.2 Å². The maximum absolute atomic E-state index is 5.61. The summed E-state index contributed by atoms with van der Waals surface area (Å²) in [4.78, 5) is 0. The van der Waals surface area contributed by atoms with Gasteiger partial charge in [0.1, 0.15) is 0 Å². The lowest BCUT2D eigenvalue weighted by Gasteiger charge is -2.23. The number of rotatable bonds is 4. The van der Waals surface area contributed by atoms with Gasteiger partial charge >= 0.3 is 0 Å². The van der Waals surface area contributed by atoms with Crippen LogP contribution in [0, 0.1) is 10.8 Å². The number of hydrogen-bond acceptors (Lipinski definition) is 2. The van der Waals surface area contributed by atoms with Gasteiger partial charge in [-0.1, -0.05) is 41.5 Å². The van der Waals surface area contributed by atoms with Crippen molar-refractivity contribution in [2.45, 2.75) is 107 Å². The molecular formula is C20H44O2. The van der Waals surface area contributed by atoms with Gasteiger partial charge < -0.3 is 9.47 Å². The molecule has 0 amide bonds. The first-order chi connectivity index (χ1) is 9.41. The maximum Gasteiger partial charge on any atom is 0.0598 e. The third-order valence-electron chi connectivity index (χ3n) is 2.77. The zero-order valence-corrected chi connectivity index (χ0v) is 17.6. The summed E-state index contributed by atoms with van der Waals surface area (Å²) >= 11 is 0. The zero-order valence-electron chi connectivity index (χ0n) is 17.6. The van der Waals surface area contributed by atoms with Gasteiger partial charge in [-0.15, -0.1) is 0 Å². The van der Waals surface area contributed by atoms with Crippen molar-refractivity contribution < 1.29 is 9.47 Å². The van der Waals surface area contributed by atoms with Crippen LogP contribution in [-0.2, 0) is 9.47 Å². The third kappa shape index (κ3) is 28.1. The van der Waals surface area contributed by atoms with E-state index in [1.54, 1.807) is 0 Å². The largest absolute Gasteiger partial charge is 0.376 e. The second-order valence-corrected chi connectivity index (χ2v) is 10.5. The molecule has 0 fully saturated rings. The SMILES string of the molecule is CC(C)(C)CCOC(C)(C)C.CC(C)(C)CCOC(C)(C)C. The van der Waals surface area contributed by atoms with Crippen molar-refractivity contribution >= 4 is 0 Å². The molecule has 2 nitrogen and oxygen atoms in total. The average molecular weight is 317 g/mol. The molecule has 0 aromatic carbocycles. The summed E-state index contributed by atoms with van der Waals surface area (Å²) in [5.74, 6) is 0. The molecule has 0 saturated carbocycles. The Morgan fingerprint density at radius 2 is 0.682 bits per heavy atom. The van der Waals surface area contributed by atoms with E-state index in [4.69, 9.17) is 9.47 Å². The molecule has 0 spiro atoms. The summed E-state index contributed by atoms with van der Waals surface area (Å²) < 4.78 is 11.2. The van der Waals surface area contributed by atoms with Crippen LogP contribution in [0.25, 0.3) is 0 Å². The normalized spacial score (nSPS) is 13.6. The summed E-state index contributed by atoms with van der Waals surface area (Å²) in [5.41, 5.74) is 0.826. The quantitative estimate of drug-likeness (QED) is 0.591. The van der Waals surface area contributed by atoms with Crippen LogP contribution in [-0.4, -0.2) is 24.4 Å². The van der Waals surface area contributed by atoms with Crippen molar-refractivity contribution in [3.8, 4) is 0 Å². The van der Waals surface area contributed by atoms with E-state index in [-0.39, 0.29) is 11.2 Å². The standard InChI is InChI=1S/2C10H22O/c2*1-9(2,3)7-8-11-10(4,5)6/h2*7-8H2,1-6H3. The van der Waals surface area contributed by atoms with Gasteiger partial charge in [-0.3, -0.25) is 0 Å². The van der Waals surface area contributed by atoms with Crippen LogP contribution in [0.1, 0.15) is 95.9 Å². The highest BCUT2D eigenvalue weighted by atomic mass is 16.5. The topological polar surface area (TPSA) is 18.5 Å². The highest BCUT2D eigenvalue weighted by molar-refractivity contribution is 4.64. The molecule has 0 aliphatic carbocycles. The van der Waals surface area contributed by atoms with Crippen LogP contribution in [0.2, 0.25) is 0 Å². The Morgan fingerprint density at radius 3 is 0.818 bits per heavy atom. The fraction of sp³-hybridized carbons (Fsp3) is 1.00. The molecule has 0 aliphatic rings. The lowest BCUT2D eigenvalue weighted by atomic mass is 9.93. The van der Waals surface area contributed by atoms with Gasteiger partial charge in [0, 0.05) is 13.2 Å². The Morgan fingerprint density at radius 1 is 0.455 bits per heavy atom. The molecule has 0 aromatic rings. The minimum Gasteiger partial charge on any atom is -0.376 e. The van der Waals surface area contributed by atoms with Crippen molar-refractivity contribution in [1.29, 1.82) is 0 Å². The average Bonchev–Trinajstić information content (AvgIpc) is 2.08. The highest BCUT2D eigenvalue weighted by Gasteiger charge is 2.15. The van der Waals surface area contributed by atoms with Gasteiger partial charge in [0.2, 0.25) is 0 Å². The molecule has 0 atom stereocenters. The van der Waals surface area contributed by atoms with Crippen molar-refractivity contribution in [2.75, 3.05) is 13.2 Å². The zero-order chi connectivity index (χ0) is 18.2. The van der Waals surface area contributed by atoms with E-state index in [0.29, 0.717) is 10.8 Å². The Hall–Kier alpha value is -0.0800. The predicted molar refractivity (Wildman–Crippen MR) is 99.6 cm³/mol. The highest BCUT2D eigenvalue weighted by Crippen LogP contribution is 2.20. The molecule has 0 rings (SSSR count). The number of ether oxygens (including phenoxy) is 2. The van der Waals surface area contributed by atoms with Crippen molar-refractivity contribution in [3.63, 3.8) is 0 Å². The minimum atomic E-state index is 0.0191. The Bertz CT molecular complexity index is 208. The van der Waals surface area contributed by atoms with Crippen LogP contribution in [0.5, 0.6) is 0 Å². The van der Waals surface area contributed by atoms with Gasteiger partial charge in [-0.05, 0) is 65.2 Å². The first kappa shape index (κ1) is 24.2. The Kier molecular flexibility index (Phi) is 10.2. The lowest BCUT2D eigenvalue weighted by molar-refractivity contribution is -0.0144. The molecule has 2 heteroatoms. The first-order valence-electron chi connectivity index (χ1n) is 8.69.